The molecule has 1 heterocycles. The molecule has 29 heavy (non-hydrogen) atoms. The molecule has 0 spiro atoms. The number of hydrogen-bond donors (Lipinski definition) is 0. The fourth-order valence-corrected chi connectivity index (χ4v) is 2.90. The van der Waals surface area contributed by atoms with E-state index in [4.69, 9.17) is 25.2 Å². The predicted molar refractivity (Wildman–Crippen MR) is 128 cm³/mol. The van der Waals surface area contributed by atoms with Crippen LogP contribution in [0.4, 0.5) is 11.4 Å². The van der Waals surface area contributed by atoms with E-state index in [1.54, 1.807) is 0 Å². The van der Waals surface area contributed by atoms with Crippen molar-refractivity contribution in [1.29, 1.82) is 0 Å². The summed E-state index contributed by atoms with van der Waals surface area (Å²) in [6.45, 7) is 3.94. The Morgan fingerprint density at radius 2 is 1.07 bits per heavy atom. The Morgan fingerprint density at radius 1 is 0.724 bits per heavy atom. The molecule has 3 rings (SSSR count). The fourth-order valence-electron chi connectivity index (χ4n) is 2.37. The topological polar surface area (TPSA) is 37.6 Å². The van der Waals surface area contributed by atoms with Crippen molar-refractivity contribution in [2.75, 3.05) is 0 Å². The molecule has 152 valence electrons. The SMILES string of the molecule is CC(=Nc1ccc(Br)cc1)c1cccc(C(C)=Nc2ccc(Br)cc2)n1.[Cl][Fe][Cl]. The Morgan fingerprint density at radius 3 is 1.41 bits per heavy atom. The molecule has 1 aromatic heterocycles. The van der Waals surface area contributed by atoms with Crippen LogP contribution >= 0.6 is 52.1 Å². The maximum absolute atomic E-state index is 4.76. The molecule has 0 N–H and O–H groups in total. The van der Waals surface area contributed by atoms with Crippen molar-refractivity contribution in [2.24, 2.45) is 9.98 Å². The van der Waals surface area contributed by atoms with Gasteiger partial charge >= 0.3 is 33.3 Å². The van der Waals surface area contributed by atoms with Gasteiger partial charge in [0, 0.05) is 8.95 Å². The molecule has 0 saturated heterocycles. The van der Waals surface area contributed by atoms with Crippen LogP contribution < -0.4 is 0 Å². The Balaban J connectivity index is 0.000000941. The zero-order valence-corrected chi connectivity index (χ0v) is 21.3. The summed E-state index contributed by atoms with van der Waals surface area (Å²) in [5.74, 6) is 0. The molecule has 0 saturated carbocycles. The second-order valence-corrected chi connectivity index (χ2v) is 9.46. The van der Waals surface area contributed by atoms with Crippen molar-refractivity contribution in [1.82, 2.24) is 4.98 Å². The monoisotopic (exact) mass is 595 g/mol. The first kappa shape index (κ1) is 24.3. The zero-order chi connectivity index (χ0) is 21.2. The van der Waals surface area contributed by atoms with Crippen molar-refractivity contribution in [2.45, 2.75) is 13.8 Å². The van der Waals surface area contributed by atoms with Crippen molar-refractivity contribution in [3.63, 3.8) is 0 Å². The number of benzene rings is 2. The second-order valence-electron chi connectivity index (χ2n) is 5.81. The van der Waals surface area contributed by atoms with Crippen molar-refractivity contribution in [3.05, 3.63) is 87.1 Å². The van der Waals surface area contributed by atoms with Gasteiger partial charge in [-0.25, -0.2) is 4.98 Å². The Hall–Kier alpha value is -1.01. The molecule has 0 bridgehead atoms. The van der Waals surface area contributed by atoms with Crippen LogP contribution in [0.25, 0.3) is 0 Å². The number of aliphatic imine (C=N–C) groups is 2. The molecule has 0 aliphatic heterocycles. The van der Waals surface area contributed by atoms with Crippen LogP contribution in [0, 0.1) is 0 Å². The molecule has 8 heteroatoms. The van der Waals surface area contributed by atoms with Crippen LogP contribution in [0.5, 0.6) is 0 Å². The van der Waals surface area contributed by atoms with Crippen LogP contribution in [0.15, 0.2) is 85.7 Å². The van der Waals surface area contributed by atoms with Crippen molar-refractivity contribution < 1.29 is 13.1 Å². The van der Waals surface area contributed by atoms with E-state index in [-0.39, 0.29) is 13.1 Å². The van der Waals surface area contributed by atoms with Gasteiger partial charge in [-0.1, -0.05) is 37.9 Å². The van der Waals surface area contributed by atoms with Gasteiger partial charge in [0.05, 0.1) is 34.2 Å². The first-order valence-electron chi connectivity index (χ1n) is 8.37. The van der Waals surface area contributed by atoms with Gasteiger partial charge in [-0.15, -0.1) is 0 Å². The van der Waals surface area contributed by atoms with E-state index < -0.39 is 0 Å². The first-order chi connectivity index (χ1) is 13.9. The summed E-state index contributed by atoms with van der Waals surface area (Å²) in [5, 5.41) is 0. The third kappa shape index (κ3) is 8.33. The Kier molecular flexibility index (Phi) is 10.6. The van der Waals surface area contributed by atoms with Crippen LogP contribution in [0.1, 0.15) is 25.2 Å². The van der Waals surface area contributed by atoms with Gasteiger partial charge in [-0.3, -0.25) is 9.98 Å². The zero-order valence-electron chi connectivity index (χ0n) is 15.6. The molecular weight excluding hydrogens is 581 g/mol. The van der Waals surface area contributed by atoms with Gasteiger partial charge < -0.3 is 0 Å². The van der Waals surface area contributed by atoms with E-state index in [1.165, 1.54) is 0 Å². The van der Waals surface area contributed by atoms with Gasteiger partial charge in [0.1, 0.15) is 0 Å². The number of pyridine rings is 1. The summed E-state index contributed by atoms with van der Waals surface area (Å²) in [6, 6.07) is 21.7. The summed E-state index contributed by atoms with van der Waals surface area (Å²) in [5.41, 5.74) is 5.22. The summed E-state index contributed by atoms with van der Waals surface area (Å²) in [7, 11) is 9.53. The van der Waals surface area contributed by atoms with Crippen LogP contribution in [0.3, 0.4) is 0 Å². The van der Waals surface area contributed by atoms with Gasteiger partial charge in [0.15, 0.2) is 0 Å². The molecule has 0 aliphatic rings. The summed E-state index contributed by atoms with van der Waals surface area (Å²) >= 11 is 7.07. The third-order valence-corrected chi connectivity index (χ3v) is 4.79. The fraction of sp³-hybridized carbons (Fsp3) is 0.0952. The van der Waals surface area contributed by atoms with Crippen LogP contribution in [-0.4, -0.2) is 16.4 Å². The van der Waals surface area contributed by atoms with E-state index in [2.05, 4.69) is 41.8 Å². The van der Waals surface area contributed by atoms with Gasteiger partial charge in [-0.05, 0) is 74.5 Å². The van der Waals surface area contributed by atoms with Gasteiger partial charge in [0.25, 0.3) is 0 Å². The molecular formula is C21H17Br2Cl2FeN3. The third-order valence-electron chi connectivity index (χ3n) is 3.74. The predicted octanol–water partition coefficient (Wildman–Crippen LogP) is 8.26. The number of aromatic nitrogens is 1. The molecule has 3 nitrogen and oxygen atoms in total. The summed E-state index contributed by atoms with van der Waals surface area (Å²) < 4.78 is 2.07. The van der Waals surface area contributed by atoms with Gasteiger partial charge in [-0.2, -0.15) is 0 Å². The number of rotatable bonds is 4. The van der Waals surface area contributed by atoms with E-state index in [0.717, 1.165) is 43.1 Å². The molecule has 0 aliphatic carbocycles. The number of hydrogen-bond acceptors (Lipinski definition) is 3. The van der Waals surface area contributed by atoms with Gasteiger partial charge in [0.2, 0.25) is 0 Å². The molecule has 0 amide bonds. The molecule has 0 atom stereocenters. The summed E-state index contributed by atoms with van der Waals surface area (Å²) in [6.07, 6.45) is 0. The van der Waals surface area contributed by atoms with E-state index in [0.29, 0.717) is 0 Å². The average Bonchev–Trinajstić information content (AvgIpc) is 2.72. The molecule has 0 radical (unpaired) electrons. The number of halogens is 4. The van der Waals surface area contributed by atoms with E-state index >= 15 is 0 Å². The summed E-state index contributed by atoms with van der Waals surface area (Å²) in [4.78, 5) is 14.0. The molecule has 2 aromatic carbocycles. The van der Waals surface area contributed by atoms with E-state index in [9.17, 15) is 0 Å². The van der Waals surface area contributed by atoms with Crippen molar-refractivity contribution >= 4 is 74.9 Å². The molecule has 3 aromatic rings. The second kappa shape index (κ2) is 12.6. The molecule has 0 unspecified atom stereocenters. The van der Waals surface area contributed by atoms with Crippen LogP contribution in [-0.2, 0) is 13.1 Å². The average molecular weight is 598 g/mol. The maximum atomic E-state index is 4.76. The van der Waals surface area contributed by atoms with Crippen molar-refractivity contribution in [3.8, 4) is 0 Å². The van der Waals surface area contributed by atoms with E-state index in [1.807, 2.05) is 80.6 Å². The normalized spacial score (nSPS) is 11.8. The Labute approximate surface area is 202 Å². The number of nitrogens with zero attached hydrogens (tertiary/aromatic N) is 3. The molecule has 0 fully saturated rings. The first-order valence-corrected chi connectivity index (χ1v) is 13.0. The standard InChI is InChI=1S/C21H17Br2N3.2ClH.Fe/c1-14(24-18-10-6-16(22)7-11-18)20-4-3-5-21(26-20)15(2)25-19-12-8-17(23)9-13-19;;;/h3-13H,1-2H3;2*1H;/q;;;+2/p-2. The Bertz CT molecular complexity index is 915. The van der Waals surface area contributed by atoms with Crippen LogP contribution in [0.2, 0.25) is 0 Å². The minimum absolute atomic E-state index is 0.194. The minimum atomic E-state index is 0.194. The quantitative estimate of drug-likeness (QED) is 0.220.